The highest BCUT2D eigenvalue weighted by Gasteiger charge is 2.24. The van der Waals surface area contributed by atoms with Crippen molar-refractivity contribution in [3.8, 4) is 5.75 Å². The normalized spacial score (nSPS) is 16.9. The zero-order valence-electron chi connectivity index (χ0n) is 14.6. The molecule has 1 aromatic rings. The number of carbonyl (C=O) groups excluding carboxylic acids is 1. The third kappa shape index (κ3) is 5.13. The summed E-state index contributed by atoms with van der Waals surface area (Å²) in [4.78, 5) is 15.8. The summed E-state index contributed by atoms with van der Waals surface area (Å²) in [5.74, 6) is 1.09. The van der Waals surface area contributed by atoms with Crippen LogP contribution in [-0.4, -0.2) is 51.8 Å². The number of amides is 1. The Morgan fingerprint density at radius 2 is 2.04 bits per heavy atom. The maximum Gasteiger partial charge on any atom is 0.275 e. The molecule has 0 radical (unpaired) electrons. The molecule has 128 valence electrons. The van der Waals surface area contributed by atoms with Crippen molar-refractivity contribution in [3.05, 3.63) is 24.3 Å². The van der Waals surface area contributed by atoms with Gasteiger partial charge in [0.25, 0.3) is 5.91 Å². The lowest BCUT2D eigenvalue weighted by Gasteiger charge is -2.34. The lowest BCUT2D eigenvalue weighted by atomic mass is 10.2. The van der Waals surface area contributed by atoms with E-state index < -0.39 is 0 Å². The summed E-state index contributed by atoms with van der Waals surface area (Å²) in [6.07, 6.45) is 2.15. The average molecular weight is 320 g/mol. The van der Waals surface area contributed by atoms with Gasteiger partial charge in [0.1, 0.15) is 5.75 Å². The summed E-state index contributed by atoms with van der Waals surface area (Å²) < 4.78 is 5.44. The zero-order valence-corrected chi connectivity index (χ0v) is 14.6. The fraction of sp³-hybridized carbons (Fsp3) is 0.611. The van der Waals surface area contributed by atoms with Gasteiger partial charge in [0, 0.05) is 6.04 Å². The third-order valence-electron chi connectivity index (χ3n) is 4.44. The average Bonchev–Trinajstić information content (AvgIpc) is 2.55. The number of piperazine rings is 1. The molecule has 0 spiro atoms. The molecule has 5 nitrogen and oxygen atoms in total. The smallest absolute Gasteiger partial charge is 0.275 e. The Labute approximate surface area is 139 Å². The number of methoxy groups -OCH3 is 1. The molecular formula is C18H30N3O2+. The highest BCUT2D eigenvalue weighted by Crippen LogP contribution is 2.27. The first-order valence-corrected chi connectivity index (χ1v) is 8.65. The molecule has 0 aliphatic carbocycles. The molecule has 1 fully saturated rings. The maximum absolute atomic E-state index is 12.1. The molecule has 0 saturated carbocycles. The van der Waals surface area contributed by atoms with Gasteiger partial charge in [-0.2, -0.15) is 0 Å². The van der Waals surface area contributed by atoms with Crippen LogP contribution in [0.5, 0.6) is 5.75 Å². The number of ether oxygens (including phenoxy) is 1. The molecule has 0 unspecified atom stereocenters. The molecule has 1 amide bonds. The molecule has 1 aliphatic rings. The summed E-state index contributed by atoms with van der Waals surface area (Å²) in [5, 5.41) is 3.10. The van der Waals surface area contributed by atoms with Gasteiger partial charge in [-0.15, -0.1) is 0 Å². The molecule has 1 heterocycles. The van der Waals surface area contributed by atoms with Gasteiger partial charge in [-0.1, -0.05) is 25.5 Å². The molecule has 0 aromatic heterocycles. The fourth-order valence-electron chi connectivity index (χ4n) is 3.19. The molecule has 0 bridgehead atoms. The van der Waals surface area contributed by atoms with Crippen molar-refractivity contribution in [1.29, 1.82) is 0 Å². The van der Waals surface area contributed by atoms with Gasteiger partial charge >= 0.3 is 0 Å². The van der Waals surface area contributed by atoms with Crippen LogP contribution in [0.1, 0.15) is 26.7 Å². The Hall–Kier alpha value is -1.75. The van der Waals surface area contributed by atoms with E-state index in [4.69, 9.17) is 4.74 Å². The van der Waals surface area contributed by atoms with Crippen LogP contribution in [0.25, 0.3) is 0 Å². The number of hydrogen-bond acceptors (Lipinski definition) is 3. The lowest BCUT2D eigenvalue weighted by molar-refractivity contribution is -0.892. The Balaban J connectivity index is 1.81. The predicted octanol–water partition coefficient (Wildman–Crippen LogP) is 0.705. The van der Waals surface area contributed by atoms with Gasteiger partial charge in [0.2, 0.25) is 0 Å². The summed E-state index contributed by atoms with van der Waals surface area (Å²) in [7, 11) is 1.71. The SMILES string of the molecule is CCC[C@H](C)NC(=O)C[NH+]1CCN(c2ccccc2OC)CC1. The van der Waals surface area contributed by atoms with Crippen molar-refractivity contribution in [2.45, 2.75) is 32.7 Å². The van der Waals surface area contributed by atoms with Crippen molar-refractivity contribution < 1.29 is 14.4 Å². The van der Waals surface area contributed by atoms with Gasteiger partial charge < -0.3 is 19.9 Å². The monoisotopic (exact) mass is 320 g/mol. The Morgan fingerprint density at radius 1 is 1.35 bits per heavy atom. The van der Waals surface area contributed by atoms with E-state index in [1.165, 1.54) is 4.90 Å². The number of carbonyl (C=O) groups is 1. The topological polar surface area (TPSA) is 46.0 Å². The van der Waals surface area contributed by atoms with Crippen molar-refractivity contribution in [1.82, 2.24) is 5.32 Å². The van der Waals surface area contributed by atoms with Crippen LogP contribution in [0.4, 0.5) is 5.69 Å². The van der Waals surface area contributed by atoms with E-state index in [-0.39, 0.29) is 11.9 Å². The molecule has 1 saturated heterocycles. The molecular weight excluding hydrogens is 290 g/mol. The van der Waals surface area contributed by atoms with Crippen LogP contribution >= 0.6 is 0 Å². The van der Waals surface area contributed by atoms with E-state index in [9.17, 15) is 4.79 Å². The second kappa shape index (κ2) is 8.77. The van der Waals surface area contributed by atoms with Crippen LogP contribution < -0.4 is 19.9 Å². The van der Waals surface area contributed by atoms with Crippen LogP contribution in [0.15, 0.2) is 24.3 Å². The number of para-hydroxylation sites is 2. The minimum atomic E-state index is 0.173. The van der Waals surface area contributed by atoms with Crippen LogP contribution in [-0.2, 0) is 4.79 Å². The van der Waals surface area contributed by atoms with Crippen molar-refractivity contribution in [2.24, 2.45) is 0 Å². The summed E-state index contributed by atoms with van der Waals surface area (Å²) in [5.41, 5.74) is 1.15. The van der Waals surface area contributed by atoms with Crippen molar-refractivity contribution in [2.75, 3.05) is 44.7 Å². The number of nitrogens with zero attached hydrogens (tertiary/aromatic N) is 1. The van der Waals surface area contributed by atoms with Gasteiger partial charge in [0.15, 0.2) is 6.54 Å². The Bertz CT molecular complexity index is 499. The quantitative estimate of drug-likeness (QED) is 0.778. The number of rotatable bonds is 7. The highest BCUT2D eigenvalue weighted by molar-refractivity contribution is 5.77. The van der Waals surface area contributed by atoms with Crippen molar-refractivity contribution >= 4 is 11.6 Å². The standard InChI is InChI=1S/C18H29N3O2/c1-4-7-15(2)19-18(22)14-20-10-12-21(13-11-20)16-8-5-6-9-17(16)23-3/h5-6,8-9,15H,4,7,10-14H2,1-3H3,(H,19,22)/p+1/t15-/m0/s1. The van der Waals surface area contributed by atoms with Crippen LogP contribution in [0.3, 0.4) is 0 Å². The lowest BCUT2D eigenvalue weighted by Crippen LogP contribution is -3.16. The van der Waals surface area contributed by atoms with E-state index >= 15 is 0 Å². The molecule has 5 heteroatoms. The minimum absolute atomic E-state index is 0.173. The summed E-state index contributed by atoms with van der Waals surface area (Å²) in [6.45, 7) is 8.66. The van der Waals surface area contributed by atoms with E-state index in [0.717, 1.165) is 50.5 Å². The number of benzene rings is 1. The number of nitrogens with one attached hydrogen (secondary N) is 2. The van der Waals surface area contributed by atoms with Gasteiger partial charge in [-0.3, -0.25) is 4.79 Å². The van der Waals surface area contributed by atoms with Crippen LogP contribution in [0, 0.1) is 0 Å². The van der Waals surface area contributed by atoms with Crippen molar-refractivity contribution in [3.63, 3.8) is 0 Å². The first-order chi connectivity index (χ1) is 11.1. The summed E-state index contributed by atoms with van der Waals surface area (Å²) in [6, 6.07) is 8.41. The number of hydrogen-bond donors (Lipinski definition) is 2. The van der Waals surface area contributed by atoms with E-state index in [1.54, 1.807) is 7.11 Å². The maximum atomic E-state index is 12.1. The van der Waals surface area contributed by atoms with Gasteiger partial charge in [0.05, 0.1) is 39.0 Å². The largest absolute Gasteiger partial charge is 0.495 e. The van der Waals surface area contributed by atoms with E-state index in [2.05, 4.69) is 30.1 Å². The molecule has 1 aromatic carbocycles. The molecule has 23 heavy (non-hydrogen) atoms. The van der Waals surface area contributed by atoms with E-state index in [1.807, 2.05) is 18.2 Å². The molecule has 1 atom stereocenters. The molecule has 1 aliphatic heterocycles. The third-order valence-corrected chi connectivity index (χ3v) is 4.44. The zero-order chi connectivity index (χ0) is 16.7. The Morgan fingerprint density at radius 3 is 2.70 bits per heavy atom. The van der Waals surface area contributed by atoms with Gasteiger partial charge in [-0.05, 0) is 25.5 Å². The van der Waals surface area contributed by atoms with E-state index in [0.29, 0.717) is 6.54 Å². The summed E-state index contributed by atoms with van der Waals surface area (Å²) >= 11 is 0. The molecule has 2 rings (SSSR count). The Kier molecular flexibility index (Phi) is 6.71. The number of anilines is 1. The first kappa shape index (κ1) is 17.6. The second-order valence-electron chi connectivity index (χ2n) is 6.34. The van der Waals surface area contributed by atoms with Crippen LogP contribution in [0.2, 0.25) is 0 Å². The number of quaternary nitrogens is 1. The fourth-order valence-corrected chi connectivity index (χ4v) is 3.19. The minimum Gasteiger partial charge on any atom is -0.495 e. The molecule has 2 N–H and O–H groups in total. The second-order valence-corrected chi connectivity index (χ2v) is 6.34. The first-order valence-electron chi connectivity index (χ1n) is 8.65. The highest BCUT2D eigenvalue weighted by atomic mass is 16.5. The predicted molar refractivity (Wildman–Crippen MR) is 93.3 cm³/mol. The van der Waals surface area contributed by atoms with Gasteiger partial charge in [-0.25, -0.2) is 0 Å².